The van der Waals surface area contributed by atoms with Crippen molar-refractivity contribution in [2.75, 3.05) is 14.1 Å². The highest BCUT2D eigenvalue weighted by atomic mass is 32.2. The maximum atomic E-state index is 12.9. The SMILES string of the molecule is Cc1ccc(OCc2nccnc2C(F)(F)F)c(S(=O)(=O)N(C)C)c1. The zero-order valence-corrected chi connectivity index (χ0v) is 14.5. The molecule has 0 N–H and O–H groups in total. The first kappa shape index (κ1) is 19.1. The number of alkyl halides is 3. The molecule has 0 saturated carbocycles. The van der Waals surface area contributed by atoms with Gasteiger partial charge in [0.25, 0.3) is 0 Å². The Kier molecular flexibility index (Phi) is 5.33. The van der Waals surface area contributed by atoms with Crippen LogP contribution in [0, 0.1) is 6.92 Å². The van der Waals surface area contributed by atoms with E-state index in [4.69, 9.17) is 4.74 Å². The van der Waals surface area contributed by atoms with Gasteiger partial charge in [-0.2, -0.15) is 13.2 Å². The van der Waals surface area contributed by atoms with E-state index in [-0.39, 0.29) is 10.6 Å². The number of aromatic nitrogens is 2. The minimum absolute atomic E-state index is 0.0573. The summed E-state index contributed by atoms with van der Waals surface area (Å²) < 4.78 is 69.9. The lowest BCUT2D eigenvalue weighted by atomic mass is 10.2. The van der Waals surface area contributed by atoms with Crippen molar-refractivity contribution in [1.29, 1.82) is 0 Å². The second kappa shape index (κ2) is 6.96. The van der Waals surface area contributed by atoms with Crippen molar-refractivity contribution in [3.8, 4) is 5.75 Å². The Morgan fingerprint density at radius 2 is 1.80 bits per heavy atom. The first-order valence-electron chi connectivity index (χ1n) is 7.06. The van der Waals surface area contributed by atoms with E-state index in [0.29, 0.717) is 5.56 Å². The predicted octanol–water partition coefficient (Wildman–Crippen LogP) is 2.63. The average molecular weight is 375 g/mol. The molecule has 0 aliphatic carbocycles. The summed E-state index contributed by atoms with van der Waals surface area (Å²) in [6, 6.07) is 4.40. The van der Waals surface area contributed by atoms with E-state index in [0.717, 1.165) is 16.7 Å². The van der Waals surface area contributed by atoms with Crippen molar-refractivity contribution in [1.82, 2.24) is 14.3 Å². The molecule has 0 aliphatic heterocycles. The van der Waals surface area contributed by atoms with Crippen LogP contribution in [0.5, 0.6) is 5.75 Å². The van der Waals surface area contributed by atoms with Gasteiger partial charge < -0.3 is 4.74 Å². The van der Waals surface area contributed by atoms with Crippen LogP contribution in [0.1, 0.15) is 17.0 Å². The normalized spacial score (nSPS) is 12.4. The van der Waals surface area contributed by atoms with Crippen LogP contribution in [0.4, 0.5) is 13.2 Å². The van der Waals surface area contributed by atoms with Gasteiger partial charge in [-0.15, -0.1) is 0 Å². The Bertz CT molecular complexity index is 868. The Morgan fingerprint density at radius 1 is 1.16 bits per heavy atom. The van der Waals surface area contributed by atoms with Crippen LogP contribution >= 0.6 is 0 Å². The monoisotopic (exact) mass is 375 g/mol. The lowest BCUT2D eigenvalue weighted by Crippen LogP contribution is -2.23. The smallest absolute Gasteiger partial charge is 0.435 e. The highest BCUT2D eigenvalue weighted by Crippen LogP contribution is 2.31. The number of ether oxygens (including phenoxy) is 1. The van der Waals surface area contributed by atoms with Crippen molar-refractivity contribution < 1.29 is 26.3 Å². The summed E-state index contributed by atoms with van der Waals surface area (Å²) >= 11 is 0. The van der Waals surface area contributed by atoms with Crippen molar-refractivity contribution in [3.63, 3.8) is 0 Å². The molecule has 6 nitrogen and oxygen atoms in total. The summed E-state index contributed by atoms with van der Waals surface area (Å²) in [6.45, 7) is 1.13. The van der Waals surface area contributed by atoms with Crippen molar-refractivity contribution in [2.45, 2.75) is 24.6 Å². The van der Waals surface area contributed by atoms with Gasteiger partial charge in [0, 0.05) is 26.5 Å². The third-order valence-electron chi connectivity index (χ3n) is 3.26. The Labute approximate surface area is 143 Å². The standard InChI is InChI=1S/C15H16F3N3O3S/c1-10-4-5-12(13(8-10)25(22,23)21(2)3)24-9-11-14(15(16,17)18)20-7-6-19-11/h4-8H,9H2,1-3H3. The number of rotatable bonds is 5. The molecule has 10 heteroatoms. The van der Waals surface area contributed by atoms with E-state index in [2.05, 4.69) is 9.97 Å². The van der Waals surface area contributed by atoms with E-state index in [1.54, 1.807) is 13.0 Å². The molecule has 0 amide bonds. The van der Waals surface area contributed by atoms with Crippen LogP contribution in [0.15, 0.2) is 35.5 Å². The van der Waals surface area contributed by atoms with Gasteiger partial charge in [0.05, 0.1) is 0 Å². The lowest BCUT2D eigenvalue weighted by molar-refractivity contribution is -0.142. The minimum atomic E-state index is -4.68. The fourth-order valence-corrected chi connectivity index (χ4v) is 3.10. The molecule has 25 heavy (non-hydrogen) atoms. The van der Waals surface area contributed by atoms with Gasteiger partial charge in [-0.05, 0) is 24.6 Å². The quantitative estimate of drug-likeness (QED) is 0.803. The summed E-state index contributed by atoms with van der Waals surface area (Å²) in [5, 5.41) is 0. The summed E-state index contributed by atoms with van der Waals surface area (Å²) in [5.41, 5.74) is -0.925. The van der Waals surface area contributed by atoms with Gasteiger partial charge >= 0.3 is 6.18 Å². The van der Waals surface area contributed by atoms with E-state index in [9.17, 15) is 21.6 Å². The van der Waals surface area contributed by atoms with Crippen LogP contribution in [-0.4, -0.2) is 36.8 Å². The molecular weight excluding hydrogens is 359 g/mol. The Hall–Kier alpha value is -2.20. The molecule has 1 heterocycles. The summed E-state index contributed by atoms with van der Waals surface area (Å²) in [7, 11) is -1.12. The molecule has 0 aliphatic rings. The van der Waals surface area contributed by atoms with Gasteiger partial charge in [0.1, 0.15) is 22.9 Å². The molecule has 0 saturated heterocycles. The molecular formula is C15H16F3N3O3S. The largest absolute Gasteiger partial charge is 0.486 e. The maximum Gasteiger partial charge on any atom is 0.435 e. The van der Waals surface area contributed by atoms with Crippen LogP contribution < -0.4 is 4.74 Å². The average Bonchev–Trinajstić information content (AvgIpc) is 2.52. The molecule has 0 bridgehead atoms. The number of halogens is 3. The Balaban J connectivity index is 2.38. The number of aryl methyl sites for hydroxylation is 1. The second-order valence-electron chi connectivity index (χ2n) is 5.38. The topological polar surface area (TPSA) is 72.4 Å². The number of hydrogen-bond donors (Lipinski definition) is 0. The predicted molar refractivity (Wildman–Crippen MR) is 83.4 cm³/mol. The number of sulfonamides is 1. The maximum absolute atomic E-state index is 12.9. The molecule has 136 valence electrons. The van der Waals surface area contributed by atoms with E-state index >= 15 is 0 Å². The third kappa shape index (κ3) is 4.26. The first-order chi connectivity index (χ1) is 11.5. The number of hydrogen-bond acceptors (Lipinski definition) is 5. The highest BCUT2D eigenvalue weighted by molar-refractivity contribution is 7.89. The van der Waals surface area contributed by atoms with Crippen molar-refractivity contribution in [2.24, 2.45) is 0 Å². The Morgan fingerprint density at radius 3 is 2.40 bits per heavy atom. The summed E-state index contributed by atoms with van der Waals surface area (Å²) in [6.07, 6.45) is -2.64. The van der Waals surface area contributed by atoms with E-state index < -0.39 is 34.2 Å². The van der Waals surface area contributed by atoms with Crippen molar-refractivity contribution in [3.05, 3.63) is 47.5 Å². The molecule has 0 radical (unpaired) electrons. The lowest BCUT2D eigenvalue weighted by Gasteiger charge is -2.17. The van der Waals surface area contributed by atoms with Gasteiger partial charge in [0.2, 0.25) is 10.0 Å². The molecule has 1 aromatic heterocycles. The first-order valence-corrected chi connectivity index (χ1v) is 8.50. The van der Waals surface area contributed by atoms with Crippen LogP contribution in [0.25, 0.3) is 0 Å². The van der Waals surface area contributed by atoms with E-state index in [1.807, 2.05) is 0 Å². The van der Waals surface area contributed by atoms with Crippen LogP contribution in [0.2, 0.25) is 0 Å². The third-order valence-corrected chi connectivity index (χ3v) is 5.10. The molecule has 2 aromatic rings. The fraction of sp³-hybridized carbons (Fsp3) is 0.333. The molecule has 0 spiro atoms. The zero-order valence-electron chi connectivity index (χ0n) is 13.7. The molecule has 0 fully saturated rings. The molecule has 0 unspecified atom stereocenters. The molecule has 0 atom stereocenters. The number of nitrogens with zero attached hydrogens (tertiary/aromatic N) is 3. The van der Waals surface area contributed by atoms with Gasteiger partial charge in [-0.3, -0.25) is 4.98 Å². The minimum Gasteiger partial charge on any atom is -0.486 e. The number of benzene rings is 1. The highest BCUT2D eigenvalue weighted by Gasteiger charge is 2.36. The summed E-state index contributed by atoms with van der Waals surface area (Å²) in [4.78, 5) is 6.79. The molecule has 1 aromatic carbocycles. The zero-order chi connectivity index (χ0) is 18.8. The van der Waals surface area contributed by atoms with Gasteiger partial charge in [-0.1, -0.05) is 6.07 Å². The van der Waals surface area contributed by atoms with Gasteiger partial charge in [-0.25, -0.2) is 17.7 Å². The van der Waals surface area contributed by atoms with Crippen LogP contribution in [0.3, 0.4) is 0 Å². The van der Waals surface area contributed by atoms with Crippen LogP contribution in [-0.2, 0) is 22.8 Å². The molecule has 2 rings (SSSR count). The van der Waals surface area contributed by atoms with Gasteiger partial charge in [0.15, 0.2) is 5.69 Å². The van der Waals surface area contributed by atoms with E-state index in [1.165, 1.54) is 26.2 Å². The second-order valence-corrected chi connectivity index (χ2v) is 7.50. The van der Waals surface area contributed by atoms with Crippen molar-refractivity contribution >= 4 is 10.0 Å². The summed E-state index contributed by atoms with van der Waals surface area (Å²) in [5.74, 6) is -0.0573. The fourth-order valence-electron chi connectivity index (χ4n) is 1.99.